The average Bonchev–Trinajstić information content (AvgIpc) is 2.93. The monoisotopic (exact) mass is 293 g/mol. The van der Waals surface area contributed by atoms with Crippen molar-refractivity contribution >= 4 is 17.3 Å². The summed E-state index contributed by atoms with van der Waals surface area (Å²) < 4.78 is 10.1. The molecule has 1 aromatic heterocycles. The molecule has 2 rings (SSSR count). The zero-order valence-corrected chi connectivity index (χ0v) is 10.9. The number of furan rings is 1. The highest BCUT2D eigenvalue weighted by molar-refractivity contribution is 5.60. The standard InChI is InChI=1S/C12H11N3O6/c1-20-11-6-8(14(16)17)2-4-10(11)13-7-9-3-5-12(21-9)15(18)19/h2-6,13H,7H2,1H3. The van der Waals surface area contributed by atoms with Crippen LogP contribution in [0.15, 0.2) is 34.7 Å². The van der Waals surface area contributed by atoms with Crippen LogP contribution in [0.2, 0.25) is 0 Å². The van der Waals surface area contributed by atoms with E-state index in [1.807, 2.05) is 0 Å². The van der Waals surface area contributed by atoms with Gasteiger partial charge in [0.2, 0.25) is 0 Å². The van der Waals surface area contributed by atoms with E-state index >= 15 is 0 Å². The summed E-state index contributed by atoms with van der Waals surface area (Å²) in [7, 11) is 1.39. The summed E-state index contributed by atoms with van der Waals surface area (Å²) in [5, 5.41) is 24.1. The van der Waals surface area contributed by atoms with E-state index in [1.54, 1.807) is 0 Å². The third-order valence-electron chi connectivity index (χ3n) is 2.68. The number of hydrogen-bond donors (Lipinski definition) is 1. The molecule has 0 fully saturated rings. The molecule has 9 nitrogen and oxygen atoms in total. The van der Waals surface area contributed by atoms with Crippen LogP contribution in [0, 0.1) is 20.2 Å². The van der Waals surface area contributed by atoms with Crippen LogP contribution in [0.3, 0.4) is 0 Å². The second-order valence-corrected chi connectivity index (χ2v) is 3.99. The SMILES string of the molecule is COc1cc([N+](=O)[O-])ccc1NCc1ccc([N+](=O)[O-])o1. The Kier molecular flexibility index (Phi) is 4.02. The number of nitrogens with zero attached hydrogens (tertiary/aromatic N) is 2. The topological polar surface area (TPSA) is 121 Å². The van der Waals surface area contributed by atoms with E-state index in [2.05, 4.69) is 5.32 Å². The van der Waals surface area contributed by atoms with Gasteiger partial charge in [0.25, 0.3) is 5.69 Å². The van der Waals surface area contributed by atoms with E-state index in [-0.39, 0.29) is 18.1 Å². The van der Waals surface area contributed by atoms with E-state index in [0.717, 1.165) is 0 Å². The number of benzene rings is 1. The fourth-order valence-electron chi connectivity index (χ4n) is 1.68. The lowest BCUT2D eigenvalue weighted by molar-refractivity contribution is -0.402. The molecule has 0 saturated heterocycles. The molecule has 0 bridgehead atoms. The number of nitrogens with one attached hydrogen (secondary N) is 1. The predicted molar refractivity (Wildman–Crippen MR) is 72.3 cm³/mol. The van der Waals surface area contributed by atoms with E-state index in [4.69, 9.17) is 9.15 Å². The molecule has 1 heterocycles. The molecule has 0 aliphatic heterocycles. The van der Waals surface area contributed by atoms with Crippen molar-refractivity contribution in [1.29, 1.82) is 0 Å². The molecule has 0 unspecified atom stereocenters. The van der Waals surface area contributed by atoms with Gasteiger partial charge < -0.3 is 14.5 Å². The van der Waals surface area contributed by atoms with Gasteiger partial charge >= 0.3 is 5.88 Å². The van der Waals surface area contributed by atoms with Gasteiger partial charge in [0.15, 0.2) is 0 Å². The number of nitro groups is 2. The summed E-state index contributed by atoms with van der Waals surface area (Å²) >= 11 is 0. The van der Waals surface area contributed by atoms with Crippen LogP contribution in [0.1, 0.15) is 5.76 Å². The number of non-ortho nitro benzene ring substituents is 1. The van der Waals surface area contributed by atoms with Crippen molar-refractivity contribution < 1.29 is 19.0 Å². The van der Waals surface area contributed by atoms with Gasteiger partial charge in [0.05, 0.1) is 36.4 Å². The zero-order chi connectivity index (χ0) is 15.4. The Morgan fingerprint density at radius 3 is 2.52 bits per heavy atom. The largest absolute Gasteiger partial charge is 0.494 e. The number of ether oxygens (including phenoxy) is 1. The molecule has 110 valence electrons. The lowest BCUT2D eigenvalue weighted by atomic mass is 10.2. The van der Waals surface area contributed by atoms with E-state index in [9.17, 15) is 20.2 Å². The normalized spacial score (nSPS) is 10.1. The fraction of sp³-hybridized carbons (Fsp3) is 0.167. The first-order valence-corrected chi connectivity index (χ1v) is 5.80. The third kappa shape index (κ3) is 3.26. The minimum absolute atomic E-state index is 0.0916. The first-order chi connectivity index (χ1) is 10.0. The number of anilines is 1. The van der Waals surface area contributed by atoms with Crippen molar-refractivity contribution in [3.63, 3.8) is 0 Å². The molecule has 1 N–H and O–H groups in total. The summed E-state index contributed by atoms with van der Waals surface area (Å²) in [5.41, 5.74) is 0.424. The summed E-state index contributed by atoms with van der Waals surface area (Å²) in [4.78, 5) is 20.0. The number of nitro benzene ring substituents is 1. The summed E-state index contributed by atoms with van der Waals surface area (Å²) in [6, 6.07) is 6.84. The van der Waals surface area contributed by atoms with Gasteiger partial charge in [0, 0.05) is 6.07 Å². The number of hydrogen-bond acceptors (Lipinski definition) is 7. The van der Waals surface area contributed by atoms with Gasteiger partial charge in [-0.05, 0) is 12.1 Å². The van der Waals surface area contributed by atoms with E-state index in [1.165, 1.54) is 37.4 Å². The lowest BCUT2D eigenvalue weighted by Crippen LogP contribution is -2.01. The van der Waals surface area contributed by atoms with Crippen LogP contribution < -0.4 is 10.1 Å². The summed E-state index contributed by atoms with van der Waals surface area (Å²) in [6.07, 6.45) is 0. The number of methoxy groups -OCH3 is 1. The maximum absolute atomic E-state index is 10.7. The maximum atomic E-state index is 10.7. The molecule has 9 heteroatoms. The van der Waals surface area contributed by atoms with Crippen molar-refractivity contribution in [1.82, 2.24) is 0 Å². The van der Waals surface area contributed by atoms with Crippen molar-refractivity contribution in [2.45, 2.75) is 6.54 Å². The lowest BCUT2D eigenvalue weighted by Gasteiger charge is -2.09. The minimum atomic E-state index is -0.629. The average molecular weight is 293 g/mol. The molecule has 0 spiro atoms. The smallest absolute Gasteiger partial charge is 0.433 e. The molecule has 2 aromatic rings. The fourth-order valence-corrected chi connectivity index (χ4v) is 1.68. The van der Waals surface area contributed by atoms with Gasteiger partial charge in [0.1, 0.15) is 16.4 Å². The molecule has 0 atom stereocenters. The van der Waals surface area contributed by atoms with Crippen LogP contribution in [0.25, 0.3) is 0 Å². The Bertz CT molecular complexity index is 681. The molecular formula is C12H11N3O6. The van der Waals surface area contributed by atoms with Crippen molar-refractivity contribution in [3.05, 3.63) is 56.3 Å². The second kappa shape index (κ2) is 5.90. The van der Waals surface area contributed by atoms with Crippen molar-refractivity contribution in [2.24, 2.45) is 0 Å². The highest BCUT2D eigenvalue weighted by atomic mass is 16.6. The summed E-state index contributed by atoms with van der Waals surface area (Å²) in [6.45, 7) is 0.183. The van der Waals surface area contributed by atoms with Crippen molar-refractivity contribution in [3.8, 4) is 5.75 Å². The van der Waals surface area contributed by atoms with Gasteiger partial charge in [-0.2, -0.15) is 0 Å². The van der Waals surface area contributed by atoms with E-state index < -0.39 is 9.85 Å². The van der Waals surface area contributed by atoms with Gasteiger partial charge in [-0.3, -0.25) is 20.2 Å². The molecule has 0 aliphatic carbocycles. The molecule has 0 amide bonds. The quantitative estimate of drug-likeness (QED) is 0.641. The maximum Gasteiger partial charge on any atom is 0.433 e. The molecule has 0 aliphatic rings. The molecular weight excluding hydrogens is 282 g/mol. The van der Waals surface area contributed by atoms with Crippen molar-refractivity contribution in [2.75, 3.05) is 12.4 Å². The Morgan fingerprint density at radius 2 is 1.95 bits per heavy atom. The van der Waals surface area contributed by atoms with Gasteiger partial charge in [-0.1, -0.05) is 0 Å². The Balaban J connectivity index is 2.11. The zero-order valence-electron chi connectivity index (χ0n) is 10.9. The van der Waals surface area contributed by atoms with Crippen LogP contribution in [0.4, 0.5) is 17.3 Å². The number of rotatable bonds is 6. The third-order valence-corrected chi connectivity index (χ3v) is 2.68. The van der Waals surface area contributed by atoms with E-state index in [0.29, 0.717) is 17.2 Å². The Morgan fingerprint density at radius 1 is 1.19 bits per heavy atom. The summed E-state index contributed by atoms with van der Waals surface area (Å²) in [5.74, 6) is 0.315. The van der Waals surface area contributed by atoms with Crippen LogP contribution in [-0.2, 0) is 6.54 Å². The minimum Gasteiger partial charge on any atom is -0.494 e. The Labute approximate surface area is 118 Å². The highest BCUT2D eigenvalue weighted by Crippen LogP contribution is 2.29. The second-order valence-electron chi connectivity index (χ2n) is 3.99. The Hall–Kier alpha value is -3.10. The van der Waals surface area contributed by atoms with Gasteiger partial charge in [-0.15, -0.1) is 0 Å². The molecule has 0 saturated carbocycles. The first kappa shape index (κ1) is 14.3. The predicted octanol–water partition coefficient (Wildman–Crippen LogP) is 2.72. The van der Waals surface area contributed by atoms with Crippen LogP contribution in [-0.4, -0.2) is 17.0 Å². The van der Waals surface area contributed by atoms with Crippen LogP contribution >= 0.6 is 0 Å². The first-order valence-electron chi connectivity index (χ1n) is 5.80. The molecule has 1 aromatic carbocycles. The highest BCUT2D eigenvalue weighted by Gasteiger charge is 2.14. The molecule has 0 radical (unpaired) electrons. The van der Waals surface area contributed by atoms with Gasteiger partial charge in [-0.25, -0.2) is 0 Å². The molecule has 21 heavy (non-hydrogen) atoms. The van der Waals surface area contributed by atoms with Crippen LogP contribution in [0.5, 0.6) is 5.75 Å².